The van der Waals surface area contributed by atoms with Crippen molar-refractivity contribution in [2.45, 2.75) is 284 Å². The first kappa shape index (κ1) is 60.7. The molecule has 1 rings (SSSR count). The number of phenolic OH excluding ortho intramolecular Hbond substituents is 1. The quantitative estimate of drug-likeness (QED) is 0.0397. The van der Waals surface area contributed by atoms with Crippen LogP contribution in [0.4, 0.5) is 0 Å². The Hall–Kier alpha value is -1.34. The fourth-order valence-corrected chi connectivity index (χ4v) is 11.5. The van der Waals surface area contributed by atoms with Crippen molar-refractivity contribution >= 4 is 35.5 Å². The van der Waals surface area contributed by atoms with E-state index < -0.39 is 0 Å². The van der Waals surface area contributed by atoms with Crippen LogP contribution in [0.15, 0.2) is 12.1 Å². The molecular weight excluding hydrogens is 829 g/mol. The molecule has 0 fully saturated rings. The van der Waals surface area contributed by atoms with E-state index in [1.807, 2.05) is 0 Å². The molecule has 1 aromatic rings. The minimum Gasteiger partial charge on any atom is -0.507 e. The molecule has 374 valence electrons. The van der Waals surface area contributed by atoms with Gasteiger partial charge in [-0.1, -0.05) is 260 Å². The highest BCUT2D eigenvalue weighted by Gasteiger charge is 2.33. The van der Waals surface area contributed by atoms with Crippen LogP contribution in [0, 0.1) is 5.41 Å². The van der Waals surface area contributed by atoms with Crippen molar-refractivity contribution < 1.29 is 24.2 Å². The Morgan fingerprint density at radius 2 is 0.750 bits per heavy atom. The Bertz CT molecular complexity index is 1180. The monoisotopic (exact) mass is 933 g/mol. The molecule has 0 aliphatic heterocycles. The summed E-state index contributed by atoms with van der Waals surface area (Å²) in [5.74, 6) is 0.989. The Morgan fingerprint density at radius 1 is 0.484 bits per heavy atom. The zero-order valence-electron chi connectivity index (χ0n) is 43.4. The van der Waals surface area contributed by atoms with Crippen LogP contribution in [0.25, 0.3) is 0 Å². The summed E-state index contributed by atoms with van der Waals surface area (Å²) in [7, 11) is 0. The number of ether oxygens (including phenoxy) is 2. The fraction of sp³-hybridized carbons (Fsp3) is 0.860. The molecule has 0 spiro atoms. The first-order valence-corrected chi connectivity index (χ1v) is 29.4. The van der Waals surface area contributed by atoms with Gasteiger partial charge in [-0.2, -0.15) is 0 Å². The molecule has 7 heteroatoms. The van der Waals surface area contributed by atoms with Crippen LogP contribution in [0.3, 0.4) is 0 Å². The Kier molecular flexibility index (Phi) is 38.6. The summed E-state index contributed by atoms with van der Waals surface area (Å²) in [6.45, 7) is 18.5. The molecule has 1 aromatic carbocycles. The lowest BCUT2D eigenvalue weighted by Gasteiger charge is -2.34. The van der Waals surface area contributed by atoms with Gasteiger partial charge in [0.05, 0.1) is 29.3 Å². The van der Waals surface area contributed by atoms with Crippen LogP contribution >= 0.6 is 23.5 Å². The molecule has 0 saturated heterocycles. The number of rotatable bonds is 45. The van der Waals surface area contributed by atoms with Gasteiger partial charge in [-0.15, -0.1) is 23.5 Å². The second kappa shape index (κ2) is 40.7. The van der Waals surface area contributed by atoms with Crippen LogP contribution in [-0.2, 0) is 25.5 Å². The molecule has 0 aliphatic carbocycles. The maximum absolute atomic E-state index is 13.0. The van der Waals surface area contributed by atoms with Gasteiger partial charge in [0.2, 0.25) is 0 Å². The van der Waals surface area contributed by atoms with Crippen molar-refractivity contribution in [3.05, 3.63) is 28.8 Å². The van der Waals surface area contributed by atoms with E-state index in [1.165, 1.54) is 185 Å². The van der Waals surface area contributed by atoms with Crippen molar-refractivity contribution in [1.82, 2.24) is 0 Å². The van der Waals surface area contributed by atoms with E-state index in [1.54, 1.807) is 23.5 Å². The molecule has 1 N–H and O–H groups in total. The van der Waals surface area contributed by atoms with Crippen molar-refractivity contribution in [2.75, 3.05) is 24.7 Å². The van der Waals surface area contributed by atoms with E-state index in [0.29, 0.717) is 19.0 Å². The summed E-state index contributed by atoms with van der Waals surface area (Å²) in [6.07, 6.45) is 43.0. The highest BCUT2D eigenvalue weighted by atomic mass is 32.2. The van der Waals surface area contributed by atoms with E-state index in [4.69, 9.17) is 9.47 Å². The zero-order chi connectivity index (χ0) is 47.1. The SMILES string of the molecule is CCCCCCCCCCCCCCCCCCOC(=O)CSC(SCC(=O)OCCCCCCCCCCCCCCCCCC)C(C)(C)Cc1cc(C(C)C)c(O)c(C(C)C)c1. The third-order valence-corrected chi connectivity index (χ3v) is 16.5. The van der Waals surface area contributed by atoms with Gasteiger partial charge in [0.1, 0.15) is 5.75 Å². The standard InChI is InChI=1S/C57H104O5S2/c1-9-11-13-15-17-19-21-23-25-27-29-31-33-35-37-39-41-61-53(58)46-63-56(57(7,8)45-50-43-51(48(3)4)55(60)52(44-50)49(5)6)64-47-54(59)62-42-40-38-36-34-32-30-28-26-24-22-20-18-16-14-12-10-2/h43-44,48-49,56,60H,9-42,45-47H2,1-8H3. The van der Waals surface area contributed by atoms with Crippen LogP contribution < -0.4 is 0 Å². The Balaban J connectivity index is 2.48. The molecule has 0 saturated carbocycles. The number of carbonyl (C=O) groups excluding carboxylic acids is 2. The average Bonchev–Trinajstić information content (AvgIpc) is 3.25. The summed E-state index contributed by atoms with van der Waals surface area (Å²) in [4.78, 5) is 26.0. The summed E-state index contributed by atoms with van der Waals surface area (Å²) in [5, 5.41) is 11.1. The molecule has 0 atom stereocenters. The van der Waals surface area contributed by atoms with Crippen LogP contribution in [0.5, 0.6) is 5.75 Å². The van der Waals surface area contributed by atoms with Gasteiger partial charge >= 0.3 is 11.9 Å². The van der Waals surface area contributed by atoms with Crippen molar-refractivity contribution in [3.8, 4) is 5.75 Å². The largest absolute Gasteiger partial charge is 0.507 e. The highest BCUT2D eigenvalue weighted by Crippen LogP contribution is 2.43. The third-order valence-electron chi connectivity index (χ3n) is 13.0. The van der Waals surface area contributed by atoms with E-state index in [9.17, 15) is 14.7 Å². The number of benzene rings is 1. The molecule has 0 heterocycles. The Morgan fingerprint density at radius 3 is 1.02 bits per heavy atom. The maximum atomic E-state index is 13.0. The number of unbranched alkanes of at least 4 members (excludes halogenated alkanes) is 30. The third kappa shape index (κ3) is 32.4. The van der Waals surface area contributed by atoms with E-state index in [2.05, 4.69) is 67.5 Å². The molecule has 0 aromatic heterocycles. The normalized spacial score (nSPS) is 12.0. The fourth-order valence-electron chi connectivity index (χ4n) is 8.88. The molecule has 0 unspecified atom stereocenters. The number of thioether (sulfide) groups is 2. The molecule has 0 bridgehead atoms. The molecule has 5 nitrogen and oxygen atoms in total. The van der Waals surface area contributed by atoms with Crippen LogP contribution in [0.1, 0.15) is 289 Å². The van der Waals surface area contributed by atoms with Gasteiger partial charge in [-0.25, -0.2) is 0 Å². The number of hydrogen-bond donors (Lipinski definition) is 1. The van der Waals surface area contributed by atoms with Crippen molar-refractivity contribution in [2.24, 2.45) is 5.41 Å². The molecule has 0 amide bonds. The Labute approximate surface area is 406 Å². The first-order valence-electron chi connectivity index (χ1n) is 27.3. The minimum absolute atomic E-state index is 0.0301. The summed E-state index contributed by atoms with van der Waals surface area (Å²) in [5.41, 5.74) is 2.88. The van der Waals surface area contributed by atoms with Gasteiger partial charge in [0.25, 0.3) is 0 Å². The van der Waals surface area contributed by atoms with E-state index >= 15 is 0 Å². The first-order chi connectivity index (χ1) is 30.9. The molecule has 0 radical (unpaired) electrons. The lowest BCUT2D eigenvalue weighted by molar-refractivity contribution is -0.141. The highest BCUT2D eigenvalue weighted by molar-refractivity contribution is 8.17. The van der Waals surface area contributed by atoms with Crippen molar-refractivity contribution in [1.29, 1.82) is 0 Å². The van der Waals surface area contributed by atoms with Gasteiger partial charge in [0.15, 0.2) is 0 Å². The van der Waals surface area contributed by atoms with Gasteiger partial charge < -0.3 is 14.6 Å². The molecular formula is C57H104O5S2. The maximum Gasteiger partial charge on any atom is 0.315 e. The lowest BCUT2D eigenvalue weighted by atomic mass is 9.83. The van der Waals surface area contributed by atoms with Gasteiger partial charge in [-0.3, -0.25) is 9.59 Å². The number of phenols is 1. The second-order valence-corrected chi connectivity index (χ2v) is 23.1. The number of esters is 2. The average molecular weight is 934 g/mol. The lowest BCUT2D eigenvalue weighted by Crippen LogP contribution is -2.29. The number of aromatic hydroxyl groups is 1. The molecule has 64 heavy (non-hydrogen) atoms. The zero-order valence-corrected chi connectivity index (χ0v) is 45.1. The van der Waals surface area contributed by atoms with Crippen LogP contribution in [-0.4, -0.2) is 46.3 Å². The number of carbonyl (C=O) groups is 2. The number of hydrogen-bond acceptors (Lipinski definition) is 7. The van der Waals surface area contributed by atoms with Gasteiger partial charge in [0, 0.05) is 0 Å². The summed E-state index contributed by atoms with van der Waals surface area (Å²) >= 11 is 3.19. The molecule has 0 aliphatic rings. The van der Waals surface area contributed by atoms with Crippen molar-refractivity contribution in [3.63, 3.8) is 0 Å². The predicted octanol–water partition coefficient (Wildman–Crippen LogP) is 18.6. The van der Waals surface area contributed by atoms with E-state index in [0.717, 1.165) is 43.2 Å². The topological polar surface area (TPSA) is 72.8 Å². The summed E-state index contributed by atoms with van der Waals surface area (Å²) in [6, 6.07) is 4.30. The smallest absolute Gasteiger partial charge is 0.315 e. The van der Waals surface area contributed by atoms with E-state index in [-0.39, 0.29) is 45.3 Å². The predicted molar refractivity (Wildman–Crippen MR) is 283 cm³/mol. The van der Waals surface area contributed by atoms with Crippen LogP contribution in [0.2, 0.25) is 0 Å². The summed E-state index contributed by atoms with van der Waals surface area (Å²) < 4.78 is 11.4. The van der Waals surface area contributed by atoms with Gasteiger partial charge in [-0.05, 0) is 53.2 Å². The minimum atomic E-state index is -0.253. The second-order valence-electron chi connectivity index (χ2n) is 20.6.